The van der Waals surface area contributed by atoms with Gasteiger partial charge in [0.25, 0.3) is 0 Å². The van der Waals surface area contributed by atoms with E-state index < -0.39 is 0 Å². The molecule has 0 rings (SSSR count). The highest BCUT2D eigenvalue weighted by Gasteiger charge is 1.98. The van der Waals surface area contributed by atoms with Crippen LogP contribution in [0.4, 0.5) is 0 Å². The Kier molecular flexibility index (Phi) is 14.6. The van der Waals surface area contributed by atoms with Gasteiger partial charge in [-0.25, -0.2) is 0 Å². The highest BCUT2D eigenvalue weighted by molar-refractivity contribution is 8.24. The van der Waals surface area contributed by atoms with Gasteiger partial charge in [0.05, 0.1) is 0 Å². The van der Waals surface area contributed by atoms with E-state index >= 15 is 0 Å². The van der Waals surface area contributed by atoms with Crippen molar-refractivity contribution in [2.24, 2.45) is 0 Å². The van der Waals surface area contributed by atoms with E-state index in [1.807, 2.05) is 58.8 Å². The minimum atomic E-state index is 1.16. The summed E-state index contributed by atoms with van der Waals surface area (Å²) in [5.74, 6) is 4.62. The van der Waals surface area contributed by atoms with Crippen molar-refractivity contribution < 1.29 is 0 Å². The zero-order chi connectivity index (χ0) is 12.9. The van der Waals surface area contributed by atoms with Gasteiger partial charge >= 0.3 is 0 Å². The average molecular weight is 327 g/mol. The average Bonchev–Trinajstić information content (AvgIpc) is 2.30. The highest BCUT2D eigenvalue weighted by Crippen LogP contribution is 2.34. The fourth-order valence-corrected chi connectivity index (χ4v) is 6.20. The second kappa shape index (κ2) is 13.7. The van der Waals surface area contributed by atoms with E-state index in [1.54, 1.807) is 0 Å². The van der Waals surface area contributed by atoms with Crippen molar-refractivity contribution in [1.82, 2.24) is 0 Å². The number of thioether (sulfide) groups is 5. The summed E-state index contributed by atoms with van der Waals surface area (Å²) < 4.78 is 2.89. The number of rotatable bonds is 10. The van der Waals surface area contributed by atoms with Crippen LogP contribution in [-0.4, -0.2) is 23.0 Å². The Morgan fingerprint density at radius 3 is 1.18 bits per heavy atom. The fourth-order valence-electron chi connectivity index (χ4n) is 0.934. The van der Waals surface area contributed by atoms with Crippen molar-refractivity contribution in [2.45, 2.75) is 27.7 Å². The van der Waals surface area contributed by atoms with Crippen LogP contribution in [0, 0.1) is 0 Å². The second-order valence-electron chi connectivity index (χ2n) is 2.74. The molecule has 0 aromatic rings. The molecular formula is C12H22S5. The third-order valence-electron chi connectivity index (χ3n) is 1.47. The summed E-state index contributed by atoms with van der Waals surface area (Å²) in [6, 6.07) is 0. The monoisotopic (exact) mass is 326 g/mol. The Balaban J connectivity index is 4.25. The quantitative estimate of drug-likeness (QED) is 0.458. The summed E-state index contributed by atoms with van der Waals surface area (Å²) in [6.07, 6.45) is 0. The van der Waals surface area contributed by atoms with Crippen LogP contribution in [0.3, 0.4) is 0 Å². The fraction of sp³-hybridized carbons (Fsp3) is 0.667. The van der Waals surface area contributed by atoms with Crippen LogP contribution in [-0.2, 0) is 0 Å². The van der Waals surface area contributed by atoms with Crippen LogP contribution >= 0.6 is 58.8 Å². The standard InChI is InChI=1S/C12H22S5/c1-5-14-11(15-6-2)9-13-10-12(16-7-3)17-8-4/h9-10H,5-8H2,1-4H3. The molecule has 0 nitrogen and oxygen atoms in total. The van der Waals surface area contributed by atoms with Crippen LogP contribution in [0.15, 0.2) is 19.3 Å². The van der Waals surface area contributed by atoms with Gasteiger partial charge in [-0.15, -0.1) is 58.8 Å². The van der Waals surface area contributed by atoms with Crippen molar-refractivity contribution in [3.05, 3.63) is 19.3 Å². The molecule has 0 aliphatic rings. The molecule has 0 fully saturated rings. The molecule has 100 valence electrons. The van der Waals surface area contributed by atoms with Crippen molar-refractivity contribution in [2.75, 3.05) is 23.0 Å². The molecule has 0 saturated carbocycles. The predicted octanol–water partition coefficient (Wildman–Crippen LogP) is 6.33. The molecule has 0 amide bonds. The Hall–Kier alpha value is 1.23. The molecule has 0 heterocycles. The van der Waals surface area contributed by atoms with Gasteiger partial charge in [-0.2, -0.15) is 0 Å². The predicted molar refractivity (Wildman–Crippen MR) is 96.3 cm³/mol. The van der Waals surface area contributed by atoms with E-state index in [0.29, 0.717) is 0 Å². The summed E-state index contributed by atoms with van der Waals surface area (Å²) >= 11 is 9.58. The lowest BCUT2D eigenvalue weighted by Gasteiger charge is -2.04. The van der Waals surface area contributed by atoms with Crippen LogP contribution in [0.1, 0.15) is 27.7 Å². The zero-order valence-electron chi connectivity index (χ0n) is 11.0. The molecule has 0 unspecified atom stereocenters. The number of hydrogen-bond acceptors (Lipinski definition) is 5. The second-order valence-corrected chi connectivity index (χ2v) is 9.23. The maximum atomic E-state index is 2.29. The molecule has 0 N–H and O–H groups in total. The molecule has 0 aromatic heterocycles. The summed E-state index contributed by atoms with van der Waals surface area (Å²) in [7, 11) is 0. The van der Waals surface area contributed by atoms with E-state index in [1.165, 1.54) is 8.47 Å². The molecule has 0 bridgehead atoms. The van der Waals surface area contributed by atoms with Crippen molar-refractivity contribution in [3.8, 4) is 0 Å². The van der Waals surface area contributed by atoms with Crippen LogP contribution in [0.5, 0.6) is 0 Å². The molecule has 0 saturated heterocycles. The van der Waals surface area contributed by atoms with Crippen LogP contribution in [0.2, 0.25) is 0 Å². The Labute approximate surface area is 128 Å². The molecule has 0 atom stereocenters. The van der Waals surface area contributed by atoms with Crippen molar-refractivity contribution >= 4 is 58.8 Å². The third kappa shape index (κ3) is 10.8. The van der Waals surface area contributed by atoms with Gasteiger partial charge < -0.3 is 0 Å². The number of hydrogen-bond donors (Lipinski definition) is 0. The van der Waals surface area contributed by atoms with E-state index in [0.717, 1.165) is 23.0 Å². The SMILES string of the molecule is CCSC(=CSC=C(SCC)SCC)SCC. The zero-order valence-corrected chi connectivity index (χ0v) is 15.1. The summed E-state index contributed by atoms with van der Waals surface area (Å²) in [5.41, 5.74) is 0. The lowest BCUT2D eigenvalue weighted by atomic mass is 11.0. The van der Waals surface area contributed by atoms with Crippen molar-refractivity contribution in [3.63, 3.8) is 0 Å². The highest BCUT2D eigenvalue weighted by atomic mass is 32.2. The third-order valence-corrected chi connectivity index (χ3v) is 6.99. The first-order valence-corrected chi connectivity index (χ1v) is 10.7. The minimum absolute atomic E-state index is 1.16. The Bertz CT molecular complexity index is 195. The molecule has 0 aromatic carbocycles. The van der Waals surface area contributed by atoms with E-state index in [-0.39, 0.29) is 0 Å². The molecule has 0 aliphatic heterocycles. The largest absolute Gasteiger partial charge is 0.119 e. The molecule has 17 heavy (non-hydrogen) atoms. The van der Waals surface area contributed by atoms with Crippen molar-refractivity contribution in [1.29, 1.82) is 0 Å². The minimum Gasteiger partial charge on any atom is -0.119 e. The first-order chi connectivity index (χ1) is 8.28. The van der Waals surface area contributed by atoms with Gasteiger partial charge in [0.15, 0.2) is 0 Å². The van der Waals surface area contributed by atoms with Gasteiger partial charge in [-0.3, -0.25) is 0 Å². The first-order valence-electron chi connectivity index (χ1n) is 5.85. The topological polar surface area (TPSA) is 0 Å². The lowest BCUT2D eigenvalue weighted by molar-refractivity contribution is 1.53. The molecule has 0 radical (unpaired) electrons. The normalized spacial score (nSPS) is 10.1. The maximum Gasteiger partial charge on any atom is 0.0467 e. The first kappa shape index (κ1) is 18.2. The van der Waals surface area contributed by atoms with Crippen LogP contribution in [0.25, 0.3) is 0 Å². The van der Waals surface area contributed by atoms with E-state index in [9.17, 15) is 0 Å². The molecular weight excluding hydrogens is 304 g/mol. The molecule has 5 heteroatoms. The van der Waals surface area contributed by atoms with Gasteiger partial charge in [0, 0.05) is 8.47 Å². The van der Waals surface area contributed by atoms with Gasteiger partial charge in [-0.05, 0) is 33.8 Å². The summed E-state index contributed by atoms with van der Waals surface area (Å²) in [5, 5.41) is 4.57. The van der Waals surface area contributed by atoms with Crippen LogP contribution < -0.4 is 0 Å². The molecule has 0 aliphatic carbocycles. The Morgan fingerprint density at radius 2 is 0.941 bits per heavy atom. The lowest BCUT2D eigenvalue weighted by Crippen LogP contribution is -1.74. The van der Waals surface area contributed by atoms with Gasteiger partial charge in [0.1, 0.15) is 0 Å². The Morgan fingerprint density at radius 1 is 0.647 bits per heavy atom. The summed E-state index contributed by atoms with van der Waals surface area (Å²) in [4.78, 5) is 0. The van der Waals surface area contributed by atoms with E-state index in [2.05, 4.69) is 38.5 Å². The van der Waals surface area contributed by atoms with E-state index in [4.69, 9.17) is 0 Å². The smallest absolute Gasteiger partial charge is 0.0467 e. The molecule has 0 spiro atoms. The summed E-state index contributed by atoms with van der Waals surface area (Å²) in [6.45, 7) is 8.84. The maximum absolute atomic E-state index is 2.29. The van der Waals surface area contributed by atoms with Gasteiger partial charge in [-0.1, -0.05) is 27.7 Å². The van der Waals surface area contributed by atoms with Gasteiger partial charge in [0.2, 0.25) is 0 Å².